The number of benzene rings is 2. The fraction of sp³-hybridized carbons (Fsp3) is 0.0769. The van der Waals surface area contributed by atoms with Crippen LogP contribution in [0.1, 0.15) is 0 Å². The summed E-state index contributed by atoms with van der Waals surface area (Å²) in [5.41, 5.74) is 7.85. The summed E-state index contributed by atoms with van der Waals surface area (Å²) in [6, 6.07) is 12.7. The smallest absolute Gasteiger partial charge is 0.406 e. The molecule has 0 unspecified atom stereocenters. The topological polar surface area (TPSA) is 35.2 Å². The molecular weight excluding hydrogens is 279 g/mol. The Morgan fingerprint density at radius 3 is 2.05 bits per heavy atom. The molecule has 19 heavy (non-hydrogen) atoms. The predicted molar refractivity (Wildman–Crippen MR) is 70.2 cm³/mol. The van der Waals surface area contributed by atoms with Crippen LogP contribution in [0.25, 0.3) is 11.1 Å². The summed E-state index contributed by atoms with van der Waals surface area (Å²) in [5.74, 6) is -0.241. The highest BCUT2D eigenvalue weighted by Crippen LogP contribution is 2.27. The van der Waals surface area contributed by atoms with Crippen LogP contribution in [-0.2, 0) is 0 Å². The molecule has 2 nitrogen and oxygen atoms in total. The first kappa shape index (κ1) is 15.2. The zero-order valence-corrected chi connectivity index (χ0v) is 10.5. The lowest BCUT2D eigenvalue weighted by atomic mass is 10.1. The Morgan fingerprint density at radius 1 is 0.895 bits per heavy atom. The first-order chi connectivity index (χ1) is 8.44. The fourth-order valence-electron chi connectivity index (χ4n) is 1.57. The van der Waals surface area contributed by atoms with Crippen LogP contribution in [0.2, 0.25) is 0 Å². The summed E-state index contributed by atoms with van der Waals surface area (Å²) in [7, 11) is 0. The molecule has 2 aromatic carbocycles. The maximum Gasteiger partial charge on any atom is 0.573 e. The van der Waals surface area contributed by atoms with Gasteiger partial charge in [-0.1, -0.05) is 24.3 Å². The molecule has 0 heterocycles. The van der Waals surface area contributed by atoms with Crippen LogP contribution < -0.4 is 10.5 Å². The molecule has 0 fully saturated rings. The first-order valence-corrected chi connectivity index (χ1v) is 5.16. The third kappa shape index (κ3) is 4.37. The van der Waals surface area contributed by atoms with E-state index in [0.29, 0.717) is 5.69 Å². The minimum Gasteiger partial charge on any atom is -0.406 e. The van der Waals surface area contributed by atoms with Crippen LogP contribution in [0.4, 0.5) is 18.9 Å². The molecule has 2 N–H and O–H groups in total. The second-order valence-corrected chi connectivity index (χ2v) is 3.70. The van der Waals surface area contributed by atoms with Crippen molar-refractivity contribution in [1.29, 1.82) is 0 Å². The van der Waals surface area contributed by atoms with Crippen LogP contribution in [0.5, 0.6) is 5.75 Å². The van der Waals surface area contributed by atoms with Gasteiger partial charge in [-0.2, -0.15) is 0 Å². The molecule has 2 rings (SSSR count). The number of hydrogen-bond donors (Lipinski definition) is 1. The van der Waals surface area contributed by atoms with Gasteiger partial charge in [-0.3, -0.25) is 0 Å². The zero-order valence-electron chi connectivity index (χ0n) is 9.65. The average molecular weight is 290 g/mol. The van der Waals surface area contributed by atoms with Gasteiger partial charge in [0, 0.05) is 5.69 Å². The quantitative estimate of drug-likeness (QED) is 0.839. The van der Waals surface area contributed by atoms with Crippen molar-refractivity contribution in [2.45, 2.75) is 6.36 Å². The van der Waals surface area contributed by atoms with E-state index in [4.69, 9.17) is 5.73 Å². The van der Waals surface area contributed by atoms with E-state index in [1.807, 2.05) is 6.07 Å². The lowest BCUT2D eigenvalue weighted by Gasteiger charge is -2.09. The summed E-state index contributed by atoms with van der Waals surface area (Å²) < 4.78 is 39.7. The van der Waals surface area contributed by atoms with E-state index in [1.54, 1.807) is 30.3 Å². The van der Waals surface area contributed by atoms with Crippen LogP contribution in [-0.4, -0.2) is 6.36 Å². The van der Waals surface area contributed by atoms with Crippen molar-refractivity contribution >= 4 is 18.1 Å². The molecule has 2 aromatic rings. The molecular formula is C13H11ClF3NO. The van der Waals surface area contributed by atoms with Crippen molar-refractivity contribution in [3.8, 4) is 16.9 Å². The molecule has 0 aliphatic carbocycles. The standard InChI is InChI=1S/C13H10F3NO.ClH/c14-13(15,16)18-12-6-4-9(5-7-12)10-2-1-3-11(17)8-10;/h1-8H,17H2;1H. The van der Waals surface area contributed by atoms with Crippen molar-refractivity contribution in [3.05, 3.63) is 48.5 Å². The number of anilines is 1. The second-order valence-electron chi connectivity index (χ2n) is 3.70. The van der Waals surface area contributed by atoms with E-state index in [9.17, 15) is 13.2 Å². The third-order valence-corrected chi connectivity index (χ3v) is 2.31. The molecule has 0 saturated heterocycles. The van der Waals surface area contributed by atoms with Crippen LogP contribution >= 0.6 is 12.4 Å². The third-order valence-electron chi connectivity index (χ3n) is 2.31. The van der Waals surface area contributed by atoms with Gasteiger partial charge in [0.2, 0.25) is 0 Å². The van der Waals surface area contributed by atoms with Crippen LogP contribution in [0, 0.1) is 0 Å². The number of hydrogen-bond acceptors (Lipinski definition) is 2. The molecule has 0 saturated carbocycles. The van der Waals surface area contributed by atoms with E-state index in [0.717, 1.165) is 11.1 Å². The molecule has 6 heteroatoms. The lowest BCUT2D eigenvalue weighted by Crippen LogP contribution is -2.16. The Hall–Kier alpha value is -1.88. The van der Waals surface area contributed by atoms with Gasteiger partial charge >= 0.3 is 6.36 Å². The Bertz CT molecular complexity index is 540. The summed E-state index contributed by atoms with van der Waals surface area (Å²) >= 11 is 0. The van der Waals surface area contributed by atoms with Crippen molar-refractivity contribution < 1.29 is 17.9 Å². The predicted octanol–water partition coefficient (Wildman–Crippen LogP) is 4.26. The normalized spacial score (nSPS) is 10.7. The molecule has 0 spiro atoms. The average Bonchev–Trinajstić information content (AvgIpc) is 2.28. The van der Waals surface area contributed by atoms with Crippen LogP contribution in [0.15, 0.2) is 48.5 Å². The van der Waals surface area contributed by atoms with Crippen molar-refractivity contribution in [1.82, 2.24) is 0 Å². The summed E-state index contributed by atoms with van der Waals surface area (Å²) in [6.07, 6.45) is -4.67. The van der Waals surface area contributed by atoms with Gasteiger partial charge in [0.25, 0.3) is 0 Å². The highest BCUT2D eigenvalue weighted by Gasteiger charge is 2.30. The molecule has 0 aliphatic rings. The van der Waals surface area contributed by atoms with E-state index < -0.39 is 6.36 Å². The number of halogens is 4. The summed E-state index contributed by atoms with van der Waals surface area (Å²) in [6.45, 7) is 0. The van der Waals surface area contributed by atoms with Gasteiger partial charge in [0.15, 0.2) is 0 Å². The number of rotatable bonds is 2. The number of nitrogen functional groups attached to an aromatic ring is 1. The highest BCUT2D eigenvalue weighted by atomic mass is 35.5. The highest BCUT2D eigenvalue weighted by molar-refractivity contribution is 5.85. The Kier molecular flexibility index (Phi) is 4.67. The van der Waals surface area contributed by atoms with Gasteiger partial charge in [-0.25, -0.2) is 0 Å². The molecule has 0 radical (unpaired) electrons. The van der Waals surface area contributed by atoms with Crippen molar-refractivity contribution in [2.75, 3.05) is 5.73 Å². The SMILES string of the molecule is Cl.Nc1cccc(-c2ccc(OC(F)(F)F)cc2)c1. The van der Waals surface area contributed by atoms with Gasteiger partial charge in [-0.15, -0.1) is 25.6 Å². The van der Waals surface area contributed by atoms with E-state index in [1.165, 1.54) is 12.1 Å². The van der Waals surface area contributed by atoms with E-state index >= 15 is 0 Å². The van der Waals surface area contributed by atoms with Crippen molar-refractivity contribution in [2.24, 2.45) is 0 Å². The Labute approximate surface area is 114 Å². The van der Waals surface area contributed by atoms with Gasteiger partial charge in [0.05, 0.1) is 0 Å². The zero-order chi connectivity index (χ0) is 13.2. The minimum atomic E-state index is -4.67. The number of alkyl halides is 3. The molecule has 0 amide bonds. The molecule has 0 aliphatic heterocycles. The Balaban J connectivity index is 0.00000180. The molecule has 0 atom stereocenters. The minimum absolute atomic E-state index is 0. The Morgan fingerprint density at radius 2 is 1.53 bits per heavy atom. The summed E-state index contributed by atoms with van der Waals surface area (Å²) in [4.78, 5) is 0. The van der Waals surface area contributed by atoms with Crippen molar-refractivity contribution in [3.63, 3.8) is 0 Å². The second kappa shape index (κ2) is 5.84. The van der Waals surface area contributed by atoms with Gasteiger partial charge < -0.3 is 10.5 Å². The largest absolute Gasteiger partial charge is 0.573 e. The number of nitrogens with two attached hydrogens (primary N) is 1. The van der Waals surface area contributed by atoms with Crippen LogP contribution in [0.3, 0.4) is 0 Å². The van der Waals surface area contributed by atoms with E-state index in [-0.39, 0.29) is 18.2 Å². The summed E-state index contributed by atoms with van der Waals surface area (Å²) in [5, 5.41) is 0. The molecule has 0 aromatic heterocycles. The lowest BCUT2D eigenvalue weighted by molar-refractivity contribution is -0.274. The number of ether oxygens (including phenoxy) is 1. The van der Waals surface area contributed by atoms with Gasteiger partial charge in [-0.05, 0) is 35.4 Å². The first-order valence-electron chi connectivity index (χ1n) is 5.16. The molecule has 102 valence electrons. The monoisotopic (exact) mass is 289 g/mol. The molecule has 0 bridgehead atoms. The maximum atomic E-state index is 12.0. The maximum absolute atomic E-state index is 12.0. The van der Waals surface area contributed by atoms with Gasteiger partial charge in [0.1, 0.15) is 5.75 Å². The van der Waals surface area contributed by atoms with E-state index in [2.05, 4.69) is 4.74 Å². The fourth-order valence-corrected chi connectivity index (χ4v) is 1.57.